The number of hydrogen-bond donors (Lipinski definition) is 1. The second-order valence-electron chi connectivity index (χ2n) is 6.11. The van der Waals surface area contributed by atoms with Crippen LogP contribution in [-0.2, 0) is 20.8 Å². The van der Waals surface area contributed by atoms with E-state index in [0.29, 0.717) is 19.6 Å². The van der Waals surface area contributed by atoms with Crippen LogP contribution in [0.1, 0.15) is 37.8 Å². The molecule has 7 heteroatoms. The molecule has 1 saturated heterocycles. The van der Waals surface area contributed by atoms with Crippen molar-refractivity contribution in [2.24, 2.45) is 5.92 Å². The summed E-state index contributed by atoms with van der Waals surface area (Å²) >= 11 is 0. The van der Waals surface area contributed by atoms with Crippen molar-refractivity contribution in [1.82, 2.24) is 10.3 Å². The molecule has 1 amide bonds. The number of amides is 1. The van der Waals surface area contributed by atoms with E-state index in [1.165, 1.54) is 0 Å². The molecule has 1 aromatic heterocycles. The Morgan fingerprint density at radius 1 is 1.30 bits per heavy atom. The first-order chi connectivity index (χ1) is 11.1. The van der Waals surface area contributed by atoms with E-state index in [1.807, 2.05) is 0 Å². The Morgan fingerprint density at radius 3 is 2.65 bits per heavy atom. The minimum absolute atomic E-state index is 0.0339. The molecular weight excluding hydrogens is 306 g/mol. The second-order valence-corrected chi connectivity index (χ2v) is 6.11. The van der Waals surface area contributed by atoms with Gasteiger partial charge in [-0.2, -0.15) is 0 Å². The first-order valence-corrected chi connectivity index (χ1v) is 7.91. The summed E-state index contributed by atoms with van der Waals surface area (Å²) in [6.07, 6.45) is 4.68. The van der Waals surface area contributed by atoms with Crippen LogP contribution in [0, 0.1) is 17.6 Å². The lowest BCUT2D eigenvalue weighted by Crippen LogP contribution is -2.36. The van der Waals surface area contributed by atoms with Gasteiger partial charge in [-0.3, -0.25) is 9.78 Å². The molecule has 2 fully saturated rings. The summed E-state index contributed by atoms with van der Waals surface area (Å²) in [4.78, 5) is 15.6. The molecule has 1 aliphatic carbocycles. The van der Waals surface area contributed by atoms with E-state index in [0.717, 1.165) is 37.9 Å². The Labute approximate surface area is 133 Å². The summed E-state index contributed by atoms with van der Waals surface area (Å²) < 4.78 is 37.5. The van der Waals surface area contributed by atoms with Crippen LogP contribution >= 0.6 is 0 Å². The van der Waals surface area contributed by atoms with Crippen LogP contribution in [0.2, 0.25) is 0 Å². The van der Waals surface area contributed by atoms with Crippen molar-refractivity contribution in [2.45, 2.75) is 44.4 Å². The van der Waals surface area contributed by atoms with Gasteiger partial charge < -0.3 is 14.8 Å². The zero-order chi connectivity index (χ0) is 16.3. The normalized spacial score (nSPS) is 20.8. The molecule has 5 nitrogen and oxygen atoms in total. The zero-order valence-electron chi connectivity index (χ0n) is 12.8. The summed E-state index contributed by atoms with van der Waals surface area (Å²) in [6, 6.07) is 0.761. The Balaban J connectivity index is 1.43. The summed E-state index contributed by atoms with van der Waals surface area (Å²) in [5, 5.41) is 2.64. The maximum absolute atomic E-state index is 13.4. The van der Waals surface area contributed by atoms with E-state index in [2.05, 4.69) is 10.3 Å². The highest BCUT2D eigenvalue weighted by Gasteiger charge is 2.40. The average molecular weight is 326 g/mol. The average Bonchev–Trinajstić information content (AvgIpc) is 2.97. The summed E-state index contributed by atoms with van der Waals surface area (Å²) in [5.41, 5.74) is 0.0371. The smallest absolute Gasteiger partial charge is 0.220 e. The molecule has 1 N–H and O–H groups in total. The largest absolute Gasteiger partial charge is 0.350 e. The third kappa shape index (κ3) is 4.03. The van der Waals surface area contributed by atoms with E-state index in [9.17, 15) is 13.6 Å². The van der Waals surface area contributed by atoms with Gasteiger partial charge in [0.15, 0.2) is 5.79 Å². The van der Waals surface area contributed by atoms with Gasteiger partial charge in [0.2, 0.25) is 5.91 Å². The first kappa shape index (κ1) is 16.3. The monoisotopic (exact) mass is 326 g/mol. The molecule has 2 heterocycles. The van der Waals surface area contributed by atoms with Crippen molar-refractivity contribution >= 4 is 5.91 Å². The zero-order valence-corrected chi connectivity index (χ0v) is 12.8. The van der Waals surface area contributed by atoms with E-state index in [4.69, 9.17) is 9.47 Å². The number of pyridine rings is 1. The van der Waals surface area contributed by atoms with E-state index < -0.39 is 17.4 Å². The van der Waals surface area contributed by atoms with Gasteiger partial charge in [-0.05, 0) is 18.8 Å². The van der Waals surface area contributed by atoms with Crippen molar-refractivity contribution in [3.8, 4) is 0 Å². The van der Waals surface area contributed by atoms with Gasteiger partial charge in [-0.15, -0.1) is 0 Å². The van der Waals surface area contributed by atoms with Gasteiger partial charge in [-0.25, -0.2) is 8.78 Å². The molecule has 0 radical (unpaired) electrons. The predicted octanol–water partition coefficient (Wildman–Crippen LogP) is 2.30. The lowest BCUT2D eigenvalue weighted by molar-refractivity contribution is -0.183. The van der Waals surface area contributed by atoms with Gasteiger partial charge in [0.25, 0.3) is 0 Å². The number of nitrogens with one attached hydrogen (secondary N) is 1. The minimum atomic E-state index is -0.750. The van der Waals surface area contributed by atoms with Gasteiger partial charge in [0.05, 0.1) is 31.6 Å². The number of ether oxygens (including phenoxy) is 2. The Kier molecular flexibility index (Phi) is 4.87. The lowest BCUT2D eigenvalue weighted by Gasteiger charge is -2.35. The highest BCUT2D eigenvalue weighted by atomic mass is 19.1. The van der Waals surface area contributed by atoms with Crippen LogP contribution < -0.4 is 5.32 Å². The van der Waals surface area contributed by atoms with Crippen LogP contribution in [0.4, 0.5) is 8.78 Å². The van der Waals surface area contributed by atoms with Crippen molar-refractivity contribution < 1.29 is 23.0 Å². The summed E-state index contributed by atoms with van der Waals surface area (Å²) in [5.74, 6) is -1.77. The van der Waals surface area contributed by atoms with E-state index in [-0.39, 0.29) is 24.1 Å². The maximum atomic E-state index is 13.4. The van der Waals surface area contributed by atoms with Crippen molar-refractivity contribution in [3.05, 3.63) is 29.6 Å². The molecule has 1 aromatic rings. The molecule has 1 aliphatic heterocycles. The Bertz CT molecular complexity index is 566. The molecule has 126 valence electrons. The van der Waals surface area contributed by atoms with Crippen LogP contribution in [0.3, 0.4) is 0 Å². The molecule has 0 bridgehead atoms. The van der Waals surface area contributed by atoms with Gasteiger partial charge in [0.1, 0.15) is 11.6 Å². The molecule has 0 aromatic carbocycles. The summed E-state index contributed by atoms with van der Waals surface area (Å²) in [7, 11) is 0. The SMILES string of the molecule is O=C(CC1CCC2(CC1)OCCO2)NCc1ncc(F)cc1F. The third-order valence-corrected chi connectivity index (χ3v) is 4.49. The number of carbonyl (C=O) groups is 1. The molecule has 2 aliphatic rings. The van der Waals surface area contributed by atoms with Crippen molar-refractivity contribution in [1.29, 1.82) is 0 Å². The number of carbonyl (C=O) groups excluding carboxylic acids is 1. The molecular formula is C16H20F2N2O3. The molecule has 0 unspecified atom stereocenters. The molecule has 3 rings (SSSR count). The highest BCUT2D eigenvalue weighted by molar-refractivity contribution is 5.76. The lowest BCUT2D eigenvalue weighted by atomic mass is 9.83. The number of hydrogen-bond acceptors (Lipinski definition) is 4. The number of rotatable bonds is 4. The number of nitrogens with zero attached hydrogens (tertiary/aromatic N) is 1. The third-order valence-electron chi connectivity index (χ3n) is 4.49. The van der Waals surface area contributed by atoms with Gasteiger partial charge in [0, 0.05) is 25.3 Å². The van der Waals surface area contributed by atoms with Crippen LogP contribution in [0.25, 0.3) is 0 Å². The van der Waals surface area contributed by atoms with Crippen molar-refractivity contribution in [2.75, 3.05) is 13.2 Å². The topological polar surface area (TPSA) is 60.5 Å². The second kappa shape index (κ2) is 6.88. The fraction of sp³-hybridized carbons (Fsp3) is 0.625. The van der Waals surface area contributed by atoms with Crippen LogP contribution in [-0.4, -0.2) is 29.9 Å². The first-order valence-electron chi connectivity index (χ1n) is 7.91. The predicted molar refractivity (Wildman–Crippen MR) is 77.2 cm³/mol. The maximum Gasteiger partial charge on any atom is 0.220 e. The van der Waals surface area contributed by atoms with E-state index in [1.54, 1.807) is 0 Å². The quantitative estimate of drug-likeness (QED) is 0.922. The summed E-state index contributed by atoms with van der Waals surface area (Å²) in [6.45, 7) is 1.25. The fourth-order valence-corrected chi connectivity index (χ4v) is 3.20. The Hall–Kier alpha value is -1.60. The van der Waals surface area contributed by atoms with Crippen LogP contribution in [0.5, 0.6) is 0 Å². The minimum Gasteiger partial charge on any atom is -0.350 e. The molecule has 0 atom stereocenters. The van der Waals surface area contributed by atoms with Gasteiger partial charge >= 0.3 is 0 Å². The number of aromatic nitrogens is 1. The Morgan fingerprint density at radius 2 is 2.00 bits per heavy atom. The molecule has 1 spiro atoms. The van der Waals surface area contributed by atoms with Crippen molar-refractivity contribution in [3.63, 3.8) is 0 Å². The van der Waals surface area contributed by atoms with E-state index >= 15 is 0 Å². The number of halogens is 2. The standard InChI is InChI=1S/C16H20F2N2O3/c17-12-8-13(18)14(19-9-12)10-20-15(21)7-11-1-3-16(4-2-11)22-5-6-23-16/h8-9,11H,1-7,10H2,(H,20,21). The highest BCUT2D eigenvalue weighted by Crippen LogP contribution is 2.39. The molecule has 1 saturated carbocycles. The van der Waals surface area contributed by atoms with Crippen LogP contribution in [0.15, 0.2) is 12.3 Å². The molecule has 23 heavy (non-hydrogen) atoms. The van der Waals surface area contributed by atoms with Gasteiger partial charge in [-0.1, -0.05) is 0 Å². The fourth-order valence-electron chi connectivity index (χ4n) is 3.20.